The molecule has 2 aromatic rings. The van der Waals surface area contributed by atoms with Crippen LogP contribution in [0.5, 0.6) is 5.75 Å². The van der Waals surface area contributed by atoms with Crippen LogP contribution >= 0.6 is 11.8 Å². The molecule has 1 aromatic carbocycles. The molecule has 0 radical (unpaired) electrons. The van der Waals surface area contributed by atoms with Crippen LogP contribution in [0.15, 0.2) is 53.7 Å². The van der Waals surface area contributed by atoms with E-state index in [1.807, 2.05) is 48.3 Å². The van der Waals surface area contributed by atoms with Gasteiger partial charge >= 0.3 is 0 Å². The Morgan fingerprint density at radius 2 is 2.14 bits per heavy atom. The summed E-state index contributed by atoms with van der Waals surface area (Å²) in [5.74, 6) is 0.297. The number of thioether (sulfide) groups is 1. The third-order valence-corrected chi connectivity index (χ3v) is 5.20. The van der Waals surface area contributed by atoms with Crippen LogP contribution in [0.3, 0.4) is 0 Å². The lowest BCUT2D eigenvalue weighted by Gasteiger charge is -2.27. The zero-order valence-corrected chi connectivity index (χ0v) is 13.1. The molecule has 0 bridgehead atoms. The van der Waals surface area contributed by atoms with Crippen molar-refractivity contribution in [1.29, 1.82) is 0 Å². The van der Waals surface area contributed by atoms with Gasteiger partial charge in [-0.05, 0) is 29.8 Å². The van der Waals surface area contributed by atoms with Gasteiger partial charge in [-0.15, -0.1) is 0 Å². The molecule has 1 N–H and O–H groups in total. The predicted octanol–water partition coefficient (Wildman–Crippen LogP) is 3.38. The van der Waals surface area contributed by atoms with E-state index in [9.17, 15) is 5.11 Å². The first kappa shape index (κ1) is 13.6. The summed E-state index contributed by atoms with van der Waals surface area (Å²) in [7, 11) is 0. The van der Waals surface area contributed by atoms with Crippen LogP contribution in [0.25, 0.3) is 0 Å². The summed E-state index contributed by atoms with van der Waals surface area (Å²) in [4.78, 5) is 11.8. The number of hydrogen-bond acceptors (Lipinski definition) is 5. The fourth-order valence-electron chi connectivity index (χ4n) is 3.19. The molecule has 2 aliphatic rings. The number of rotatable bonds is 2. The summed E-state index contributed by atoms with van der Waals surface area (Å²) in [6.45, 7) is 3.20. The second-order valence-corrected chi connectivity index (χ2v) is 7.14. The monoisotopic (exact) mass is 311 g/mol. The third kappa shape index (κ3) is 2.25. The van der Waals surface area contributed by atoms with Crippen LogP contribution < -0.4 is 0 Å². The van der Waals surface area contributed by atoms with E-state index in [0.717, 1.165) is 23.0 Å². The largest absolute Gasteiger partial charge is 0.508 e. The highest BCUT2D eigenvalue weighted by atomic mass is 32.2. The molecule has 2 aliphatic heterocycles. The van der Waals surface area contributed by atoms with E-state index >= 15 is 0 Å². The predicted molar refractivity (Wildman–Crippen MR) is 89.0 cm³/mol. The van der Waals surface area contributed by atoms with E-state index < -0.39 is 0 Å². The number of phenolic OH excluding ortho intramolecular Hbond substituents is 1. The van der Waals surface area contributed by atoms with Gasteiger partial charge in [0.1, 0.15) is 11.8 Å². The molecule has 1 fully saturated rings. The SMILES string of the molecule is CC1CN2C(=NC(c3ccccn3)C2c2cccc(O)c2)S1. The van der Waals surface area contributed by atoms with E-state index in [1.165, 1.54) is 0 Å². The lowest BCUT2D eigenvalue weighted by Crippen LogP contribution is -2.28. The van der Waals surface area contributed by atoms with E-state index in [2.05, 4.69) is 22.9 Å². The summed E-state index contributed by atoms with van der Waals surface area (Å²) in [6, 6.07) is 13.5. The molecular weight excluding hydrogens is 294 g/mol. The number of aromatic hydroxyl groups is 1. The van der Waals surface area contributed by atoms with Crippen LogP contribution in [0.2, 0.25) is 0 Å². The Labute approximate surface area is 133 Å². The van der Waals surface area contributed by atoms with E-state index in [0.29, 0.717) is 11.0 Å². The highest BCUT2D eigenvalue weighted by Gasteiger charge is 2.43. The van der Waals surface area contributed by atoms with Crippen LogP contribution in [0.4, 0.5) is 0 Å². The van der Waals surface area contributed by atoms with Crippen molar-refractivity contribution in [2.24, 2.45) is 4.99 Å². The highest BCUT2D eigenvalue weighted by Crippen LogP contribution is 2.47. The van der Waals surface area contributed by atoms with Crippen LogP contribution in [-0.2, 0) is 0 Å². The van der Waals surface area contributed by atoms with Gasteiger partial charge < -0.3 is 10.0 Å². The quantitative estimate of drug-likeness (QED) is 0.924. The molecule has 0 amide bonds. The number of amidine groups is 1. The first-order chi connectivity index (χ1) is 10.7. The maximum atomic E-state index is 9.85. The third-order valence-electron chi connectivity index (χ3n) is 4.09. The standard InChI is InChI=1S/C17H17N3OS/c1-11-10-20-16(12-5-4-6-13(21)9-12)15(19-17(20)22-11)14-7-2-3-8-18-14/h2-9,11,15-16,21H,10H2,1H3. The van der Waals surface area contributed by atoms with Gasteiger partial charge in [-0.3, -0.25) is 9.98 Å². The lowest BCUT2D eigenvalue weighted by molar-refractivity contribution is 0.320. The normalized spacial score (nSPS) is 26.9. The van der Waals surface area contributed by atoms with Crippen molar-refractivity contribution < 1.29 is 5.11 Å². The Morgan fingerprint density at radius 3 is 2.91 bits per heavy atom. The van der Waals surface area contributed by atoms with Gasteiger partial charge in [0.25, 0.3) is 0 Å². The highest BCUT2D eigenvalue weighted by molar-refractivity contribution is 8.14. The van der Waals surface area contributed by atoms with Crippen molar-refractivity contribution in [2.75, 3.05) is 6.54 Å². The Bertz CT molecular complexity index is 719. The van der Waals surface area contributed by atoms with Crippen LogP contribution in [0, 0.1) is 0 Å². The number of hydrogen-bond donors (Lipinski definition) is 1. The zero-order chi connectivity index (χ0) is 15.1. The van der Waals surface area contributed by atoms with Crippen LogP contribution in [0.1, 0.15) is 30.3 Å². The van der Waals surface area contributed by atoms with Crippen molar-refractivity contribution in [1.82, 2.24) is 9.88 Å². The van der Waals surface area contributed by atoms with E-state index in [4.69, 9.17) is 4.99 Å². The summed E-state index contributed by atoms with van der Waals surface area (Å²) >= 11 is 1.82. The minimum atomic E-state index is -0.0157. The van der Waals surface area contributed by atoms with Crippen molar-refractivity contribution in [2.45, 2.75) is 24.3 Å². The molecule has 0 spiro atoms. The van der Waals surface area contributed by atoms with Crippen molar-refractivity contribution in [3.63, 3.8) is 0 Å². The average Bonchev–Trinajstić information content (AvgIpc) is 3.04. The van der Waals surface area contributed by atoms with Crippen molar-refractivity contribution >= 4 is 16.9 Å². The Kier molecular flexibility index (Phi) is 3.30. The Morgan fingerprint density at radius 1 is 1.23 bits per heavy atom. The van der Waals surface area contributed by atoms with Gasteiger partial charge in [0.15, 0.2) is 5.17 Å². The molecule has 3 heterocycles. The first-order valence-electron chi connectivity index (χ1n) is 7.43. The topological polar surface area (TPSA) is 48.7 Å². The number of fused-ring (bicyclic) bond motifs is 1. The maximum absolute atomic E-state index is 9.85. The number of phenols is 1. The van der Waals surface area contributed by atoms with E-state index in [-0.39, 0.29) is 12.1 Å². The number of aromatic nitrogens is 1. The second kappa shape index (κ2) is 5.32. The molecule has 3 unspecified atom stereocenters. The smallest absolute Gasteiger partial charge is 0.160 e. The Balaban J connectivity index is 1.78. The van der Waals surface area contributed by atoms with Gasteiger partial charge in [0.05, 0.1) is 11.7 Å². The van der Waals surface area contributed by atoms with Gasteiger partial charge in [-0.1, -0.05) is 36.9 Å². The number of benzene rings is 1. The fourth-order valence-corrected chi connectivity index (χ4v) is 4.28. The number of pyridine rings is 1. The minimum Gasteiger partial charge on any atom is -0.508 e. The molecule has 1 saturated heterocycles. The molecule has 22 heavy (non-hydrogen) atoms. The molecular formula is C17H17N3OS. The first-order valence-corrected chi connectivity index (χ1v) is 8.31. The molecule has 1 aromatic heterocycles. The lowest BCUT2D eigenvalue weighted by atomic mass is 9.96. The minimum absolute atomic E-state index is 0.0157. The second-order valence-electron chi connectivity index (χ2n) is 5.73. The summed E-state index contributed by atoms with van der Waals surface area (Å²) in [6.07, 6.45) is 1.81. The van der Waals surface area contributed by atoms with Crippen molar-refractivity contribution in [3.8, 4) is 5.75 Å². The fraction of sp³-hybridized carbons (Fsp3) is 0.294. The van der Waals surface area contributed by atoms with Crippen LogP contribution in [-0.4, -0.2) is 32.0 Å². The molecule has 5 heteroatoms. The molecule has 0 saturated carbocycles. The zero-order valence-electron chi connectivity index (χ0n) is 12.3. The van der Waals surface area contributed by atoms with Gasteiger partial charge in [-0.25, -0.2) is 0 Å². The summed E-state index contributed by atoms with van der Waals surface area (Å²) in [5, 5.41) is 11.5. The van der Waals surface area contributed by atoms with Gasteiger partial charge in [0, 0.05) is 18.0 Å². The Hall–Kier alpha value is -2.01. The molecule has 4 rings (SSSR count). The van der Waals surface area contributed by atoms with E-state index in [1.54, 1.807) is 6.07 Å². The van der Waals surface area contributed by atoms with Gasteiger partial charge in [-0.2, -0.15) is 0 Å². The maximum Gasteiger partial charge on any atom is 0.160 e. The summed E-state index contributed by atoms with van der Waals surface area (Å²) < 4.78 is 0. The average molecular weight is 311 g/mol. The van der Waals surface area contributed by atoms with Crippen molar-refractivity contribution in [3.05, 3.63) is 59.9 Å². The molecule has 4 nitrogen and oxygen atoms in total. The van der Waals surface area contributed by atoms with Gasteiger partial charge in [0.2, 0.25) is 0 Å². The molecule has 0 aliphatic carbocycles. The number of aliphatic imine (C=N–C) groups is 1. The number of nitrogens with zero attached hydrogens (tertiary/aromatic N) is 3. The molecule has 3 atom stereocenters. The molecule has 112 valence electrons. The summed E-state index contributed by atoms with van der Waals surface area (Å²) in [5.41, 5.74) is 2.06.